The lowest BCUT2D eigenvalue weighted by Gasteiger charge is -2.35. The van der Waals surface area contributed by atoms with Crippen LogP contribution in [0.3, 0.4) is 0 Å². The smallest absolute Gasteiger partial charge is 0.194 e. The molecule has 0 aromatic heterocycles. The largest absolute Gasteiger partial charge is 0.496 e. The van der Waals surface area contributed by atoms with E-state index in [0.717, 1.165) is 0 Å². The quantitative estimate of drug-likeness (QED) is 0.740. The molecule has 132 valence electrons. The predicted octanol–water partition coefficient (Wildman–Crippen LogP) is 1.86. The molecule has 0 saturated heterocycles. The summed E-state index contributed by atoms with van der Waals surface area (Å²) >= 11 is 0. The van der Waals surface area contributed by atoms with Gasteiger partial charge in [-0.15, -0.1) is 0 Å². The van der Waals surface area contributed by atoms with Crippen molar-refractivity contribution < 1.29 is 29.2 Å². The summed E-state index contributed by atoms with van der Waals surface area (Å²) in [7, 11) is 6.17. The molecule has 0 aliphatic heterocycles. The molecule has 0 fully saturated rings. The third-order valence-electron chi connectivity index (χ3n) is 4.27. The van der Waals surface area contributed by atoms with Gasteiger partial charge in [0.25, 0.3) is 0 Å². The summed E-state index contributed by atoms with van der Waals surface area (Å²) in [6.45, 7) is -0.362. The lowest BCUT2D eigenvalue weighted by molar-refractivity contribution is -0.171. The van der Waals surface area contributed by atoms with Gasteiger partial charge in [-0.3, -0.25) is 0 Å². The topological polar surface area (TPSA) is 77.4 Å². The van der Waals surface area contributed by atoms with Crippen molar-refractivity contribution in [2.75, 3.05) is 35.0 Å². The first-order valence-corrected chi connectivity index (χ1v) is 7.57. The summed E-state index contributed by atoms with van der Waals surface area (Å²) in [6, 6.07) is 5.42. The number of hydrogen-bond donors (Lipinski definition) is 2. The Morgan fingerprint density at radius 3 is 2.21 bits per heavy atom. The Morgan fingerprint density at radius 2 is 1.71 bits per heavy atom. The van der Waals surface area contributed by atoms with Crippen LogP contribution in [0.15, 0.2) is 35.6 Å². The average Bonchev–Trinajstić information content (AvgIpc) is 2.65. The van der Waals surface area contributed by atoms with Crippen molar-refractivity contribution in [3.05, 3.63) is 46.7 Å². The van der Waals surface area contributed by atoms with Crippen LogP contribution in [0.25, 0.3) is 5.57 Å². The van der Waals surface area contributed by atoms with Gasteiger partial charge < -0.3 is 29.2 Å². The van der Waals surface area contributed by atoms with E-state index >= 15 is 0 Å². The molecule has 0 radical (unpaired) electrons. The normalized spacial score (nSPS) is 16.8. The van der Waals surface area contributed by atoms with Gasteiger partial charge >= 0.3 is 0 Å². The van der Waals surface area contributed by atoms with Gasteiger partial charge in [-0.05, 0) is 17.2 Å². The molecule has 0 heterocycles. The molecule has 0 unspecified atom stereocenters. The average molecular weight is 336 g/mol. The summed E-state index contributed by atoms with van der Waals surface area (Å²) < 4.78 is 22.0. The summed E-state index contributed by atoms with van der Waals surface area (Å²) in [6.07, 6.45) is 2.07. The maximum Gasteiger partial charge on any atom is 0.194 e. The summed E-state index contributed by atoms with van der Waals surface area (Å²) in [5, 5.41) is 19.7. The van der Waals surface area contributed by atoms with Gasteiger partial charge in [0.15, 0.2) is 5.79 Å². The van der Waals surface area contributed by atoms with Crippen LogP contribution >= 0.6 is 0 Å². The number of rotatable bonds is 7. The maximum atomic E-state index is 9.93. The Bertz CT molecular complexity index is 621. The third-order valence-corrected chi connectivity index (χ3v) is 4.27. The molecule has 2 rings (SSSR count). The van der Waals surface area contributed by atoms with Gasteiger partial charge in [-0.1, -0.05) is 12.1 Å². The van der Waals surface area contributed by atoms with E-state index in [1.165, 1.54) is 21.3 Å². The number of allylic oxidation sites excluding steroid dienone is 1. The Hall–Kier alpha value is -1.86. The minimum atomic E-state index is -1.01. The Labute approximate surface area is 141 Å². The van der Waals surface area contributed by atoms with E-state index in [1.54, 1.807) is 25.3 Å². The zero-order valence-electron chi connectivity index (χ0n) is 14.5. The SMILES string of the molecule is COC1=CC(OC)(OC)CC(CO)=C1c1c(CO)cccc1OC. The van der Waals surface area contributed by atoms with Crippen LogP contribution in [0.1, 0.15) is 17.5 Å². The molecule has 0 atom stereocenters. The first kappa shape index (κ1) is 18.5. The second-order valence-corrected chi connectivity index (χ2v) is 5.40. The van der Waals surface area contributed by atoms with E-state index in [4.69, 9.17) is 18.9 Å². The van der Waals surface area contributed by atoms with Crippen LogP contribution in [0.4, 0.5) is 0 Å². The molecular formula is C18H24O6. The van der Waals surface area contributed by atoms with E-state index < -0.39 is 5.79 Å². The van der Waals surface area contributed by atoms with Gasteiger partial charge in [0, 0.05) is 37.9 Å². The van der Waals surface area contributed by atoms with Gasteiger partial charge in [-0.2, -0.15) is 0 Å². The van der Waals surface area contributed by atoms with Gasteiger partial charge in [0.1, 0.15) is 11.5 Å². The van der Waals surface area contributed by atoms with Gasteiger partial charge in [0.2, 0.25) is 0 Å². The Morgan fingerprint density at radius 1 is 1.00 bits per heavy atom. The molecule has 1 aromatic rings. The number of aliphatic hydroxyl groups excluding tert-OH is 2. The summed E-state index contributed by atoms with van der Waals surface area (Å²) in [5.74, 6) is 0.0786. The minimum absolute atomic E-state index is 0.161. The molecule has 1 aliphatic carbocycles. The van der Waals surface area contributed by atoms with Crippen molar-refractivity contribution in [1.29, 1.82) is 0 Å². The van der Waals surface area contributed by atoms with Crippen molar-refractivity contribution in [3.63, 3.8) is 0 Å². The van der Waals surface area contributed by atoms with Crippen molar-refractivity contribution in [2.45, 2.75) is 18.8 Å². The van der Waals surface area contributed by atoms with Gasteiger partial charge in [0.05, 0.1) is 27.4 Å². The number of benzene rings is 1. The fraction of sp³-hybridized carbons (Fsp3) is 0.444. The zero-order valence-corrected chi connectivity index (χ0v) is 14.5. The van der Waals surface area contributed by atoms with Crippen LogP contribution in [0.5, 0.6) is 5.75 Å². The lowest BCUT2D eigenvalue weighted by Crippen LogP contribution is -2.35. The van der Waals surface area contributed by atoms with Crippen molar-refractivity contribution in [2.24, 2.45) is 0 Å². The number of methoxy groups -OCH3 is 4. The standard InChI is InChI=1S/C18H24O6/c1-21-14-7-5-6-12(10-19)16(14)17-13(11-20)8-18(23-3,24-4)9-15(17)22-2/h5-7,9,19-20H,8,10-11H2,1-4H3. The molecule has 6 heteroatoms. The number of aliphatic hydroxyl groups is 2. The summed E-state index contributed by atoms with van der Waals surface area (Å²) in [5.41, 5.74) is 2.74. The number of hydrogen-bond acceptors (Lipinski definition) is 6. The molecule has 6 nitrogen and oxygen atoms in total. The van der Waals surface area contributed by atoms with E-state index in [2.05, 4.69) is 0 Å². The molecule has 1 aromatic carbocycles. The molecule has 0 amide bonds. The van der Waals surface area contributed by atoms with Crippen LogP contribution in [-0.4, -0.2) is 51.0 Å². The van der Waals surface area contributed by atoms with Gasteiger partial charge in [-0.25, -0.2) is 0 Å². The molecule has 1 aliphatic rings. The fourth-order valence-electron chi connectivity index (χ4n) is 2.99. The Kier molecular flexibility index (Phi) is 6.01. The van der Waals surface area contributed by atoms with Crippen molar-refractivity contribution in [3.8, 4) is 5.75 Å². The van der Waals surface area contributed by atoms with E-state index in [9.17, 15) is 10.2 Å². The first-order valence-electron chi connectivity index (χ1n) is 7.57. The molecule has 0 saturated carbocycles. The Balaban J connectivity index is 2.72. The highest BCUT2D eigenvalue weighted by Crippen LogP contribution is 2.43. The van der Waals surface area contributed by atoms with E-state index in [-0.39, 0.29) is 13.2 Å². The van der Waals surface area contributed by atoms with Crippen molar-refractivity contribution >= 4 is 5.57 Å². The maximum absolute atomic E-state index is 9.93. The van der Waals surface area contributed by atoms with E-state index in [1.807, 2.05) is 6.07 Å². The van der Waals surface area contributed by atoms with E-state index in [0.29, 0.717) is 40.2 Å². The fourth-order valence-corrected chi connectivity index (χ4v) is 2.99. The second kappa shape index (κ2) is 7.81. The highest BCUT2D eigenvalue weighted by atomic mass is 16.7. The molecule has 0 spiro atoms. The monoisotopic (exact) mass is 336 g/mol. The van der Waals surface area contributed by atoms with Crippen LogP contribution in [0, 0.1) is 0 Å². The molecule has 0 bridgehead atoms. The highest BCUT2D eigenvalue weighted by molar-refractivity contribution is 5.86. The lowest BCUT2D eigenvalue weighted by atomic mass is 9.85. The first-order chi connectivity index (χ1) is 11.6. The van der Waals surface area contributed by atoms with Crippen molar-refractivity contribution in [1.82, 2.24) is 0 Å². The number of ether oxygens (including phenoxy) is 4. The third kappa shape index (κ3) is 3.18. The van der Waals surface area contributed by atoms with Crippen LogP contribution in [0.2, 0.25) is 0 Å². The second-order valence-electron chi connectivity index (χ2n) is 5.40. The molecule has 24 heavy (non-hydrogen) atoms. The minimum Gasteiger partial charge on any atom is -0.496 e. The summed E-state index contributed by atoms with van der Waals surface area (Å²) in [4.78, 5) is 0. The highest BCUT2D eigenvalue weighted by Gasteiger charge is 2.37. The van der Waals surface area contributed by atoms with Crippen LogP contribution < -0.4 is 4.74 Å². The molecule has 2 N–H and O–H groups in total. The predicted molar refractivity (Wildman–Crippen MR) is 89.4 cm³/mol. The molecular weight excluding hydrogens is 312 g/mol. The van der Waals surface area contributed by atoms with Crippen LogP contribution in [-0.2, 0) is 20.8 Å². The zero-order chi connectivity index (χ0) is 17.7.